The fourth-order valence-electron chi connectivity index (χ4n) is 4.18. The Morgan fingerprint density at radius 2 is 2.04 bits per heavy atom. The molecule has 2 aliphatic heterocycles. The van der Waals surface area contributed by atoms with Crippen molar-refractivity contribution in [3.8, 4) is 0 Å². The first-order valence-electron chi connectivity index (χ1n) is 10.2. The minimum absolute atomic E-state index is 0.135. The van der Waals surface area contributed by atoms with Gasteiger partial charge in [-0.15, -0.1) is 0 Å². The lowest BCUT2D eigenvalue weighted by Crippen LogP contribution is -2.50. The summed E-state index contributed by atoms with van der Waals surface area (Å²) in [7, 11) is 0. The monoisotopic (exact) mass is 367 g/mol. The van der Waals surface area contributed by atoms with E-state index in [0.29, 0.717) is 6.10 Å². The lowest BCUT2D eigenvalue weighted by atomic mass is 10.0. The van der Waals surface area contributed by atoms with Crippen molar-refractivity contribution in [3.63, 3.8) is 0 Å². The minimum atomic E-state index is 0.135. The number of rotatable bonds is 4. The highest BCUT2D eigenvalue weighted by molar-refractivity contribution is 6.06. The van der Waals surface area contributed by atoms with Crippen molar-refractivity contribution < 1.29 is 9.53 Å². The van der Waals surface area contributed by atoms with Gasteiger partial charge in [0.2, 0.25) is 0 Å². The number of nitrogens with zero attached hydrogens (tertiary/aromatic N) is 3. The van der Waals surface area contributed by atoms with Crippen LogP contribution < -0.4 is 0 Å². The third-order valence-corrected chi connectivity index (χ3v) is 5.79. The van der Waals surface area contributed by atoms with Crippen molar-refractivity contribution >= 4 is 16.8 Å². The Morgan fingerprint density at radius 3 is 2.74 bits per heavy atom. The van der Waals surface area contributed by atoms with Gasteiger partial charge in [-0.2, -0.15) is 0 Å². The number of benzene rings is 1. The maximum absolute atomic E-state index is 13.3. The first kappa shape index (κ1) is 18.4. The van der Waals surface area contributed by atoms with Crippen LogP contribution in [0.1, 0.15) is 41.4 Å². The van der Waals surface area contributed by atoms with Crippen LogP contribution in [0.3, 0.4) is 0 Å². The summed E-state index contributed by atoms with van der Waals surface area (Å²) in [6.45, 7) is 9.41. The SMILES string of the molecule is CCc1ccc2nc(C)cc(C(=O)N3CCN(C[C@@H]4CCCO4)CC3)c2c1. The van der Waals surface area contributed by atoms with E-state index in [1.54, 1.807) is 0 Å². The fraction of sp³-hybridized carbons (Fsp3) is 0.545. The zero-order valence-electron chi connectivity index (χ0n) is 16.4. The molecule has 4 rings (SSSR count). The molecule has 144 valence electrons. The molecule has 2 aromatic rings. The summed E-state index contributed by atoms with van der Waals surface area (Å²) in [6, 6.07) is 8.22. The summed E-state index contributed by atoms with van der Waals surface area (Å²) in [5.41, 5.74) is 3.84. The van der Waals surface area contributed by atoms with Crippen LogP contribution >= 0.6 is 0 Å². The molecule has 27 heavy (non-hydrogen) atoms. The van der Waals surface area contributed by atoms with Crippen molar-refractivity contribution in [2.24, 2.45) is 0 Å². The van der Waals surface area contributed by atoms with E-state index in [4.69, 9.17) is 4.74 Å². The molecule has 0 radical (unpaired) electrons. The summed E-state index contributed by atoms with van der Waals surface area (Å²) in [4.78, 5) is 22.3. The number of pyridine rings is 1. The number of hydrogen-bond acceptors (Lipinski definition) is 4. The van der Waals surface area contributed by atoms with E-state index in [9.17, 15) is 4.79 Å². The number of fused-ring (bicyclic) bond motifs is 1. The predicted octanol–water partition coefficient (Wildman–Crippen LogP) is 3.04. The average Bonchev–Trinajstić information content (AvgIpc) is 3.20. The molecule has 0 bridgehead atoms. The Labute approximate surface area is 161 Å². The maximum atomic E-state index is 13.3. The molecule has 5 nitrogen and oxygen atoms in total. The van der Waals surface area contributed by atoms with Gasteiger partial charge in [-0.05, 0) is 49.9 Å². The van der Waals surface area contributed by atoms with Gasteiger partial charge in [0, 0.05) is 50.4 Å². The van der Waals surface area contributed by atoms with Gasteiger partial charge in [0.1, 0.15) is 0 Å². The van der Waals surface area contributed by atoms with E-state index >= 15 is 0 Å². The predicted molar refractivity (Wildman–Crippen MR) is 107 cm³/mol. The smallest absolute Gasteiger partial charge is 0.254 e. The Hall–Kier alpha value is -1.98. The van der Waals surface area contributed by atoms with E-state index < -0.39 is 0 Å². The summed E-state index contributed by atoms with van der Waals surface area (Å²) in [6.07, 6.45) is 3.68. The number of aromatic nitrogens is 1. The van der Waals surface area contributed by atoms with Crippen LogP contribution in [0.15, 0.2) is 24.3 Å². The van der Waals surface area contributed by atoms with Crippen molar-refractivity contribution in [2.75, 3.05) is 39.3 Å². The highest BCUT2D eigenvalue weighted by Crippen LogP contribution is 2.23. The largest absolute Gasteiger partial charge is 0.377 e. The zero-order valence-corrected chi connectivity index (χ0v) is 16.4. The first-order valence-corrected chi connectivity index (χ1v) is 10.2. The number of hydrogen-bond donors (Lipinski definition) is 0. The Morgan fingerprint density at radius 1 is 1.22 bits per heavy atom. The molecule has 5 heteroatoms. The van der Waals surface area contributed by atoms with Crippen molar-refractivity contribution in [2.45, 2.75) is 39.2 Å². The summed E-state index contributed by atoms with van der Waals surface area (Å²) in [5.74, 6) is 0.135. The van der Waals surface area contributed by atoms with E-state index in [0.717, 1.165) is 67.9 Å². The molecule has 3 heterocycles. The van der Waals surface area contributed by atoms with Crippen LogP contribution in [0.25, 0.3) is 10.9 Å². The number of piperazine rings is 1. The second kappa shape index (κ2) is 7.95. The quantitative estimate of drug-likeness (QED) is 0.833. The van der Waals surface area contributed by atoms with Crippen molar-refractivity contribution in [1.82, 2.24) is 14.8 Å². The van der Waals surface area contributed by atoms with Crippen molar-refractivity contribution in [3.05, 3.63) is 41.1 Å². The van der Waals surface area contributed by atoms with Gasteiger partial charge in [-0.1, -0.05) is 13.0 Å². The zero-order chi connectivity index (χ0) is 18.8. The van der Waals surface area contributed by atoms with Gasteiger partial charge < -0.3 is 9.64 Å². The summed E-state index contributed by atoms with van der Waals surface area (Å²) >= 11 is 0. The second-order valence-electron chi connectivity index (χ2n) is 7.74. The van der Waals surface area contributed by atoms with Gasteiger partial charge in [0.25, 0.3) is 5.91 Å². The van der Waals surface area contributed by atoms with Crippen LogP contribution in [-0.4, -0.2) is 66.1 Å². The molecular formula is C22H29N3O2. The molecule has 1 aromatic carbocycles. The fourth-order valence-corrected chi connectivity index (χ4v) is 4.18. The third kappa shape index (κ3) is 3.99. The molecule has 0 N–H and O–H groups in total. The van der Waals surface area contributed by atoms with Gasteiger partial charge in [0.05, 0.1) is 17.2 Å². The second-order valence-corrected chi connectivity index (χ2v) is 7.74. The van der Waals surface area contributed by atoms with Gasteiger partial charge in [-0.25, -0.2) is 0 Å². The van der Waals surface area contributed by atoms with E-state index in [1.165, 1.54) is 18.4 Å². The van der Waals surface area contributed by atoms with Crippen LogP contribution in [0.2, 0.25) is 0 Å². The number of amides is 1. The topological polar surface area (TPSA) is 45.7 Å². The van der Waals surface area contributed by atoms with E-state index in [-0.39, 0.29) is 5.91 Å². The molecule has 0 aliphatic carbocycles. The van der Waals surface area contributed by atoms with E-state index in [2.05, 4.69) is 28.9 Å². The molecule has 1 atom stereocenters. The summed E-state index contributed by atoms with van der Waals surface area (Å²) < 4.78 is 5.75. The Kier molecular flexibility index (Phi) is 5.41. The molecule has 1 aromatic heterocycles. The van der Waals surface area contributed by atoms with Gasteiger partial charge in [0.15, 0.2) is 0 Å². The molecule has 0 unspecified atom stereocenters. The molecule has 2 fully saturated rings. The van der Waals surface area contributed by atoms with Crippen LogP contribution in [0.4, 0.5) is 0 Å². The van der Waals surface area contributed by atoms with Crippen LogP contribution in [-0.2, 0) is 11.2 Å². The maximum Gasteiger partial charge on any atom is 0.254 e. The molecular weight excluding hydrogens is 338 g/mol. The number of carbonyl (C=O) groups is 1. The lowest BCUT2D eigenvalue weighted by molar-refractivity contribution is 0.0433. The average molecular weight is 367 g/mol. The molecule has 2 saturated heterocycles. The number of aryl methyl sites for hydroxylation is 2. The Balaban J connectivity index is 1.49. The minimum Gasteiger partial charge on any atom is -0.377 e. The van der Waals surface area contributed by atoms with Crippen LogP contribution in [0, 0.1) is 6.92 Å². The molecule has 1 amide bonds. The molecule has 2 aliphatic rings. The highest BCUT2D eigenvalue weighted by atomic mass is 16.5. The molecule has 0 saturated carbocycles. The van der Waals surface area contributed by atoms with E-state index in [1.807, 2.05) is 24.0 Å². The first-order chi connectivity index (χ1) is 13.1. The molecule has 0 spiro atoms. The highest BCUT2D eigenvalue weighted by Gasteiger charge is 2.26. The van der Waals surface area contributed by atoms with Crippen molar-refractivity contribution in [1.29, 1.82) is 0 Å². The normalized spacial score (nSPS) is 21.1. The van der Waals surface area contributed by atoms with Crippen LogP contribution in [0.5, 0.6) is 0 Å². The number of ether oxygens (including phenoxy) is 1. The van der Waals surface area contributed by atoms with Gasteiger partial charge >= 0.3 is 0 Å². The third-order valence-electron chi connectivity index (χ3n) is 5.79. The summed E-state index contributed by atoms with van der Waals surface area (Å²) in [5, 5.41) is 0.978. The lowest BCUT2D eigenvalue weighted by Gasteiger charge is -2.36. The standard InChI is InChI=1S/C22H29N3O2/c1-3-17-6-7-21-19(14-17)20(13-16(2)23-21)22(26)25-10-8-24(9-11-25)15-18-5-4-12-27-18/h6-7,13-14,18H,3-5,8-12,15H2,1-2H3/t18-/m0/s1. The Bertz CT molecular complexity index is 822. The number of carbonyl (C=O) groups excluding carboxylic acids is 1. The van der Waals surface area contributed by atoms with Gasteiger partial charge in [-0.3, -0.25) is 14.7 Å².